The van der Waals surface area contributed by atoms with Crippen molar-refractivity contribution in [1.29, 1.82) is 0 Å². The molecule has 0 fully saturated rings. The van der Waals surface area contributed by atoms with Crippen LogP contribution in [0, 0.1) is 17.5 Å². The Morgan fingerprint density at radius 3 is 2.42 bits per heavy atom. The molecule has 3 N–H and O–H groups in total. The number of amides is 1. The smallest absolute Gasteiger partial charge is 0.435 e. The Hall–Kier alpha value is -5.02. The molecule has 0 radical (unpaired) electrons. The summed E-state index contributed by atoms with van der Waals surface area (Å²) in [4.78, 5) is 16.5. The number of hydrogen-bond donors (Lipinski definition) is 3. The molecule has 210 valence electrons. The molecule has 0 saturated heterocycles. The van der Waals surface area contributed by atoms with E-state index in [0.29, 0.717) is 5.56 Å². The number of methoxy groups -OCH3 is 2. The van der Waals surface area contributed by atoms with Crippen LogP contribution in [0.3, 0.4) is 0 Å². The minimum Gasteiger partial charge on any atom is -0.494 e. The van der Waals surface area contributed by atoms with Crippen LogP contribution in [0.5, 0.6) is 11.5 Å². The summed E-state index contributed by atoms with van der Waals surface area (Å²) in [7, 11) is 3.51. The van der Waals surface area contributed by atoms with Crippen molar-refractivity contribution in [3.05, 3.63) is 71.3 Å². The van der Waals surface area contributed by atoms with Gasteiger partial charge in [-0.25, -0.2) is 13.2 Å². The van der Waals surface area contributed by atoms with Gasteiger partial charge in [-0.15, -0.1) is 0 Å². The van der Waals surface area contributed by atoms with Crippen molar-refractivity contribution in [1.82, 2.24) is 20.0 Å². The van der Waals surface area contributed by atoms with Gasteiger partial charge in [-0.05, 0) is 30.3 Å². The summed E-state index contributed by atoms with van der Waals surface area (Å²) >= 11 is 0. The number of nitrogens with one attached hydrogen (secondary N) is 3. The molecule has 0 aliphatic rings. The van der Waals surface area contributed by atoms with Gasteiger partial charge in [0.25, 0.3) is 5.91 Å². The van der Waals surface area contributed by atoms with Crippen LogP contribution in [-0.2, 0) is 13.2 Å². The highest BCUT2D eigenvalue weighted by Crippen LogP contribution is 2.32. The van der Waals surface area contributed by atoms with Gasteiger partial charge in [-0.3, -0.25) is 14.6 Å². The molecule has 4 aromatic rings. The van der Waals surface area contributed by atoms with Crippen molar-refractivity contribution in [3.63, 3.8) is 0 Å². The number of anilines is 2. The van der Waals surface area contributed by atoms with Crippen molar-refractivity contribution < 1.29 is 40.6 Å². The molecule has 0 atom stereocenters. The normalized spacial score (nSPS) is 11.9. The average molecular weight is 567 g/mol. The predicted molar refractivity (Wildman–Crippen MR) is 131 cm³/mol. The quantitative estimate of drug-likeness (QED) is 0.171. The van der Waals surface area contributed by atoms with Crippen molar-refractivity contribution in [2.45, 2.75) is 6.18 Å². The second kappa shape index (κ2) is 11.0. The molecule has 0 spiro atoms. The lowest BCUT2D eigenvalue weighted by molar-refractivity contribution is -0.141. The number of benzene rings is 2. The number of aliphatic imine (C=N–C) groups is 1. The highest BCUT2D eigenvalue weighted by atomic mass is 19.4. The second-order valence-electron chi connectivity index (χ2n) is 8.04. The molecular weight excluding hydrogens is 548 g/mol. The number of aromatic amines is 1. The average Bonchev–Trinajstić information content (AvgIpc) is 3.52. The van der Waals surface area contributed by atoms with Gasteiger partial charge in [0.05, 0.1) is 31.2 Å². The molecule has 16 heteroatoms. The minimum atomic E-state index is -4.97. The van der Waals surface area contributed by atoms with E-state index in [4.69, 9.17) is 9.47 Å². The molecule has 0 bridgehead atoms. The van der Waals surface area contributed by atoms with E-state index in [1.807, 2.05) is 0 Å². The third-order valence-electron chi connectivity index (χ3n) is 5.33. The van der Waals surface area contributed by atoms with E-state index in [1.54, 1.807) is 0 Å². The zero-order valence-corrected chi connectivity index (χ0v) is 20.8. The zero-order valence-electron chi connectivity index (χ0n) is 20.8. The first-order chi connectivity index (χ1) is 18.9. The van der Waals surface area contributed by atoms with Gasteiger partial charge in [0, 0.05) is 24.9 Å². The second-order valence-corrected chi connectivity index (χ2v) is 8.04. The Labute approximate surface area is 221 Å². The molecular formula is C24H19F6N7O3. The number of carbonyl (C=O) groups is 1. The van der Waals surface area contributed by atoms with Crippen LogP contribution in [0.1, 0.15) is 16.1 Å². The van der Waals surface area contributed by atoms with E-state index < -0.39 is 58.2 Å². The van der Waals surface area contributed by atoms with E-state index in [0.717, 1.165) is 36.2 Å². The first-order valence-corrected chi connectivity index (χ1v) is 11.1. The van der Waals surface area contributed by atoms with Gasteiger partial charge in [0.15, 0.2) is 34.6 Å². The Kier molecular flexibility index (Phi) is 7.70. The molecule has 10 nitrogen and oxygen atoms in total. The maximum atomic E-state index is 14.8. The van der Waals surface area contributed by atoms with E-state index in [-0.39, 0.29) is 17.3 Å². The van der Waals surface area contributed by atoms with Gasteiger partial charge < -0.3 is 20.1 Å². The van der Waals surface area contributed by atoms with Gasteiger partial charge in [-0.2, -0.15) is 28.4 Å². The number of ether oxygens (including phenoxy) is 2. The fraction of sp³-hybridized carbons (Fsp3) is 0.167. The maximum absolute atomic E-state index is 14.8. The monoisotopic (exact) mass is 567 g/mol. The largest absolute Gasteiger partial charge is 0.494 e. The van der Waals surface area contributed by atoms with Gasteiger partial charge >= 0.3 is 6.18 Å². The molecule has 40 heavy (non-hydrogen) atoms. The van der Waals surface area contributed by atoms with Crippen LogP contribution in [0.4, 0.5) is 37.8 Å². The summed E-state index contributed by atoms with van der Waals surface area (Å²) in [5.74, 6) is -5.60. The minimum absolute atomic E-state index is 0.000136. The lowest BCUT2D eigenvalue weighted by atomic mass is 10.1. The fourth-order valence-electron chi connectivity index (χ4n) is 3.53. The summed E-state index contributed by atoms with van der Waals surface area (Å²) < 4.78 is 93.4. The molecule has 2 heterocycles. The summed E-state index contributed by atoms with van der Waals surface area (Å²) in [5, 5.41) is 14.8. The number of carbonyl (C=O) groups excluding carboxylic acids is 1. The van der Waals surface area contributed by atoms with E-state index in [9.17, 15) is 31.1 Å². The van der Waals surface area contributed by atoms with Gasteiger partial charge in [-0.1, -0.05) is 0 Å². The van der Waals surface area contributed by atoms with E-state index >= 15 is 0 Å². The number of halogens is 6. The number of aromatic nitrogens is 4. The summed E-state index contributed by atoms with van der Waals surface area (Å²) in [6, 6.07) is 7.21. The third-order valence-corrected chi connectivity index (χ3v) is 5.33. The number of nitrogens with zero attached hydrogens (tertiary/aromatic N) is 4. The zero-order chi connectivity index (χ0) is 29.2. The van der Waals surface area contributed by atoms with Gasteiger partial charge in [0.2, 0.25) is 5.96 Å². The van der Waals surface area contributed by atoms with Crippen LogP contribution in [0.15, 0.2) is 47.6 Å². The number of aryl methyl sites for hydroxylation is 1. The van der Waals surface area contributed by atoms with E-state index in [2.05, 4.69) is 30.9 Å². The van der Waals surface area contributed by atoms with Gasteiger partial charge in [0.1, 0.15) is 5.82 Å². The SMILES string of the molecule is COc1ccc(-c2cc(N/C(=N/C(=O)c3cn(C)nc3C(F)(F)F)Nc3ccc(F)c(OC)c3F)[nH]n2)cc1F. The number of guanidine groups is 1. The molecule has 0 saturated carbocycles. The summed E-state index contributed by atoms with van der Waals surface area (Å²) in [6.07, 6.45) is -4.15. The third kappa shape index (κ3) is 5.84. The Morgan fingerprint density at radius 1 is 1.02 bits per heavy atom. The van der Waals surface area contributed by atoms with Crippen molar-refractivity contribution >= 4 is 23.4 Å². The molecule has 2 aromatic heterocycles. The number of hydrogen-bond acceptors (Lipinski definition) is 5. The molecule has 0 unspecified atom stereocenters. The maximum Gasteiger partial charge on any atom is 0.435 e. The molecule has 4 rings (SSSR count). The molecule has 0 aliphatic carbocycles. The predicted octanol–water partition coefficient (Wildman–Crippen LogP) is 4.98. The van der Waals surface area contributed by atoms with Crippen LogP contribution in [0.25, 0.3) is 11.3 Å². The Bertz CT molecular complexity index is 1600. The van der Waals surface area contributed by atoms with Crippen LogP contribution < -0.4 is 20.1 Å². The molecule has 2 aromatic carbocycles. The summed E-state index contributed by atoms with van der Waals surface area (Å²) in [6.45, 7) is 0. The highest BCUT2D eigenvalue weighted by Gasteiger charge is 2.39. The van der Waals surface area contributed by atoms with Crippen molar-refractivity contribution in [2.75, 3.05) is 24.9 Å². The Morgan fingerprint density at radius 2 is 1.77 bits per heavy atom. The van der Waals surface area contributed by atoms with Crippen LogP contribution >= 0.6 is 0 Å². The van der Waals surface area contributed by atoms with Crippen molar-refractivity contribution in [3.8, 4) is 22.8 Å². The molecule has 1 amide bonds. The number of H-pyrrole nitrogens is 1. The topological polar surface area (TPSA) is 118 Å². The first kappa shape index (κ1) is 28.0. The van der Waals surface area contributed by atoms with E-state index in [1.165, 1.54) is 32.4 Å². The highest BCUT2D eigenvalue weighted by molar-refractivity contribution is 6.12. The summed E-state index contributed by atoms with van der Waals surface area (Å²) in [5.41, 5.74) is -2.26. The number of alkyl halides is 3. The standard InChI is InChI=1S/C24H19F6N7O3/c1-37-10-12(21(36-37)24(28,29)30)22(38)33-23(31-15-6-5-13(25)20(40-3)19(15)27)32-18-9-16(34-35-18)11-4-7-17(39-2)14(26)8-11/h4-10H,1-3H3,(H3,31,32,33,34,35,38). The van der Waals surface area contributed by atoms with Crippen LogP contribution in [0.2, 0.25) is 0 Å². The first-order valence-electron chi connectivity index (χ1n) is 11.1. The number of rotatable bonds is 6. The lowest BCUT2D eigenvalue weighted by Crippen LogP contribution is -2.25. The Balaban J connectivity index is 1.72. The lowest BCUT2D eigenvalue weighted by Gasteiger charge is -2.13. The molecule has 0 aliphatic heterocycles. The van der Waals surface area contributed by atoms with Crippen molar-refractivity contribution in [2.24, 2.45) is 12.0 Å². The van der Waals surface area contributed by atoms with Crippen LogP contribution in [-0.4, -0.2) is 46.1 Å². The fourth-order valence-corrected chi connectivity index (χ4v) is 3.53.